The number of hydrazine groups is 1. The summed E-state index contributed by atoms with van der Waals surface area (Å²) in [5.41, 5.74) is 4.10. The van der Waals surface area contributed by atoms with Gasteiger partial charge in [-0.3, -0.25) is 10.2 Å². The maximum absolute atomic E-state index is 10.7. The molecule has 0 saturated heterocycles. The summed E-state index contributed by atoms with van der Waals surface area (Å²) < 4.78 is 0. The lowest BCUT2D eigenvalue weighted by molar-refractivity contribution is -0.131. The first-order valence-electron chi connectivity index (χ1n) is 7.28. The molecule has 5 heteroatoms. The number of carbonyl (C=O) groups excluding carboxylic acids is 1. The fraction of sp³-hybridized carbons (Fsp3) is 0.0526. The van der Waals surface area contributed by atoms with Gasteiger partial charge in [0.15, 0.2) is 0 Å². The highest BCUT2D eigenvalue weighted by Crippen LogP contribution is 2.00. The SMILES string of the molecule is NNC(=O)Cc1ccccc1.O=C(O)C=CC=Cc1ccccc1. The summed E-state index contributed by atoms with van der Waals surface area (Å²) >= 11 is 0. The Balaban J connectivity index is 0.000000243. The van der Waals surface area contributed by atoms with Crippen molar-refractivity contribution in [2.75, 3.05) is 0 Å². The van der Waals surface area contributed by atoms with Crippen molar-refractivity contribution in [1.29, 1.82) is 0 Å². The van der Waals surface area contributed by atoms with Crippen molar-refractivity contribution in [3.63, 3.8) is 0 Å². The average Bonchev–Trinajstić information content (AvgIpc) is 2.61. The van der Waals surface area contributed by atoms with Crippen molar-refractivity contribution in [2.24, 2.45) is 5.84 Å². The van der Waals surface area contributed by atoms with Gasteiger partial charge in [0.2, 0.25) is 5.91 Å². The van der Waals surface area contributed by atoms with Gasteiger partial charge in [0.05, 0.1) is 6.42 Å². The van der Waals surface area contributed by atoms with Crippen LogP contribution in [-0.2, 0) is 16.0 Å². The Hall–Kier alpha value is -3.18. The van der Waals surface area contributed by atoms with Crippen molar-refractivity contribution in [3.05, 3.63) is 90.0 Å². The number of allylic oxidation sites excluding steroid dienone is 2. The van der Waals surface area contributed by atoms with Crippen LogP contribution >= 0.6 is 0 Å². The summed E-state index contributed by atoms with van der Waals surface area (Å²) in [5.74, 6) is 3.82. The predicted molar refractivity (Wildman–Crippen MR) is 94.7 cm³/mol. The molecule has 0 atom stereocenters. The number of nitrogens with two attached hydrogens (primary N) is 1. The molecular formula is C19H20N2O3. The van der Waals surface area contributed by atoms with Crippen LogP contribution in [0.4, 0.5) is 0 Å². The maximum Gasteiger partial charge on any atom is 0.328 e. The van der Waals surface area contributed by atoms with Crippen molar-refractivity contribution >= 4 is 18.0 Å². The quantitative estimate of drug-likeness (QED) is 0.259. The minimum absolute atomic E-state index is 0.170. The number of carboxylic acid groups (broad SMARTS) is 1. The fourth-order valence-corrected chi connectivity index (χ4v) is 1.70. The molecular weight excluding hydrogens is 304 g/mol. The Morgan fingerprint density at radius 2 is 1.54 bits per heavy atom. The van der Waals surface area contributed by atoms with Gasteiger partial charge in [-0.15, -0.1) is 0 Å². The molecule has 4 N–H and O–H groups in total. The fourth-order valence-electron chi connectivity index (χ4n) is 1.70. The number of hydrogen-bond acceptors (Lipinski definition) is 3. The number of amides is 1. The molecule has 24 heavy (non-hydrogen) atoms. The van der Waals surface area contributed by atoms with Gasteiger partial charge in [0.25, 0.3) is 0 Å². The van der Waals surface area contributed by atoms with Gasteiger partial charge in [0, 0.05) is 6.08 Å². The first-order chi connectivity index (χ1) is 11.6. The lowest BCUT2D eigenvalue weighted by Crippen LogP contribution is -2.31. The molecule has 0 unspecified atom stereocenters. The molecule has 0 radical (unpaired) electrons. The molecule has 0 aliphatic carbocycles. The van der Waals surface area contributed by atoms with E-state index in [4.69, 9.17) is 10.9 Å². The van der Waals surface area contributed by atoms with Crippen LogP contribution in [0, 0.1) is 0 Å². The molecule has 0 saturated carbocycles. The lowest BCUT2D eigenvalue weighted by atomic mass is 10.1. The second-order valence-corrected chi connectivity index (χ2v) is 4.70. The van der Waals surface area contributed by atoms with E-state index >= 15 is 0 Å². The van der Waals surface area contributed by atoms with E-state index in [9.17, 15) is 9.59 Å². The van der Waals surface area contributed by atoms with E-state index in [1.807, 2.05) is 66.7 Å². The zero-order valence-electron chi connectivity index (χ0n) is 13.1. The minimum Gasteiger partial charge on any atom is -0.478 e. The van der Waals surface area contributed by atoms with E-state index in [1.165, 1.54) is 6.08 Å². The number of hydrogen-bond donors (Lipinski definition) is 3. The van der Waals surface area contributed by atoms with E-state index < -0.39 is 5.97 Å². The van der Waals surface area contributed by atoms with E-state index in [0.717, 1.165) is 17.2 Å². The minimum atomic E-state index is -0.933. The Kier molecular flexibility index (Phi) is 8.96. The summed E-state index contributed by atoms with van der Waals surface area (Å²) in [6.07, 6.45) is 6.48. The standard InChI is InChI=1S/C11H10O2.C8H10N2O/c12-11(13)9-5-4-8-10-6-2-1-3-7-10;9-10-8(11)6-7-4-2-1-3-5-7/h1-9H,(H,12,13);1-5H,6,9H2,(H,10,11). The lowest BCUT2D eigenvalue weighted by Gasteiger charge is -1.97. The summed E-state index contributed by atoms with van der Waals surface area (Å²) in [7, 11) is 0. The van der Waals surface area contributed by atoms with Crippen LogP contribution in [0.3, 0.4) is 0 Å². The topological polar surface area (TPSA) is 92.4 Å². The van der Waals surface area contributed by atoms with Crippen LogP contribution in [0.25, 0.3) is 6.08 Å². The van der Waals surface area contributed by atoms with Crippen LogP contribution in [-0.4, -0.2) is 17.0 Å². The van der Waals surface area contributed by atoms with E-state index in [0.29, 0.717) is 6.42 Å². The van der Waals surface area contributed by atoms with Crippen LogP contribution in [0.15, 0.2) is 78.9 Å². The molecule has 0 aliphatic rings. The molecule has 0 spiro atoms. The molecule has 0 aliphatic heterocycles. The van der Waals surface area contributed by atoms with Crippen LogP contribution < -0.4 is 11.3 Å². The van der Waals surface area contributed by atoms with Crippen LogP contribution in [0.5, 0.6) is 0 Å². The van der Waals surface area contributed by atoms with Gasteiger partial charge >= 0.3 is 5.97 Å². The van der Waals surface area contributed by atoms with Crippen molar-refractivity contribution in [1.82, 2.24) is 5.43 Å². The Labute approximate surface area is 141 Å². The third-order valence-corrected chi connectivity index (χ3v) is 2.81. The van der Waals surface area contributed by atoms with Gasteiger partial charge in [-0.05, 0) is 11.1 Å². The number of aliphatic carboxylic acids is 1. The van der Waals surface area contributed by atoms with Gasteiger partial charge < -0.3 is 5.11 Å². The summed E-state index contributed by atoms with van der Waals surface area (Å²) in [6, 6.07) is 19.1. The Morgan fingerprint density at radius 3 is 2.08 bits per heavy atom. The van der Waals surface area contributed by atoms with Crippen molar-refractivity contribution < 1.29 is 14.7 Å². The molecule has 0 heterocycles. The Bertz CT molecular complexity index is 680. The molecule has 0 aromatic heterocycles. The molecule has 124 valence electrons. The van der Waals surface area contributed by atoms with E-state index in [-0.39, 0.29) is 5.91 Å². The largest absolute Gasteiger partial charge is 0.478 e. The first kappa shape index (κ1) is 18.9. The van der Waals surface area contributed by atoms with Gasteiger partial charge in [-0.2, -0.15) is 0 Å². The molecule has 1 amide bonds. The predicted octanol–water partition coefficient (Wildman–Crippen LogP) is 2.56. The Morgan fingerprint density at radius 1 is 0.958 bits per heavy atom. The number of nitrogens with one attached hydrogen (secondary N) is 1. The average molecular weight is 324 g/mol. The molecule has 5 nitrogen and oxygen atoms in total. The summed E-state index contributed by atoms with van der Waals surface area (Å²) in [5, 5.41) is 8.29. The van der Waals surface area contributed by atoms with E-state index in [1.54, 1.807) is 6.08 Å². The smallest absolute Gasteiger partial charge is 0.328 e. The second-order valence-electron chi connectivity index (χ2n) is 4.70. The highest BCUT2D eigenvalue weighted by molar-refractivity contribution is 5.80. The molecule has 0 bridgehead atoms. The number of carbonyl (C=O) groups is 2. The highest BCUT2D eigenvalue weighted by Gasteiger charge is 1.98. The van der Waals surface area contributed by atoms with Gasteiger partial charge in [-0.1, -0.05) is 78.9 Å². The normalized spacial score (nSPS) is 10.2. The van der Waals surface area contributed by atoms with Gasteiger partial charge in [-0.25, -0.2) is 10.6 Å². The van der Waals surface area contributed by atoms with E-state index in [2.05, 4.69) is 5.43 Å². The third kappa shape index (κ3) is 8.96. The second kappa shape index (κ2) is 11.4. The summed E-state index contributed by atoms with van der Waals surface area (Å²) in [6.45, 7) is 0. The molecule has 2 rings (SSSR count). The number of carboxylic acids is 1. The monoisotopic (exact) mass is 324 g/mol. The molecule has 0 fully saturated rings. The zero-order valence-corrected chi connectivity index (χ0v) is 13.1. The van der Waals surface area contributed by atoms with Crippen LogP contribution in [0.1, 0.15) is 11.1 Å². The van der Waals surface area contributed by atoms with Gasteiger partial charge in [0.1, 0.15) is 0 Å². The highest BCUT2D eigenvalue weighted by atomic mass is 16.4. The molecule has 2 aromatic carbocycles. The third-order valence-electron chi connectivity index (χ3n) is 2.81. The maximum atomic E-state index is 10.7. The van der Waals surface area contributed by atoms with Crippen molar-refractivity contribution in [3.8, 4) is 0 Å². The van der Waals surface area contributed by atoms with Crippen molar-refractivity contribution in [2.45, 2.75) is 6.42 Å². The molecule has 2 aromatic rings. The summed E-state index contributed by atoms with van der Waals surface area (Å²) in [4.78, 5) is 20.8. The number of benzene rings is 2. The first-order valence-corrected chi connectivity index (χ1v) is 7.28. The van der Waals surface area contributed by atoms with Crippen LogP contribution in [0.2, 0.25) is 0 Å². The zero-order chi connectivity index (χ0) is 17.6. The number of rotatable bonds is 5.